The predicted molar refractivity (Wildman–Crippen MR) is 113 cm³/mol. The zero-order valence-corrected chi connectivity index (χ0v) is 17.4. The minimum Gasteiger partial charge on any atom is -0.361 e. The van der Waals surface area contributed by atoms with Gasteiger partial charge in [0.15, 0.2) is 0 Å². The van der Waals surface area contributed by atoms with E-state index in [9.17, 15) is 0 Å². The molecule has 0 fully saturated rings. The highest BCUT2D eigenvalue weighted by molar-refractivity contribution is 5.50. The summed E-state index contributed by atoms with van der Waals surface area (Å²) in [5, 5.41) is 4.15. The summed E-state index contributed by atoms with van der Waals surface area (Å²) in [7, 11) is 0. The van der Waals surface area contributed by atoms with Crippen molar-refractivity contribution in [3.8, 4) is 0 Å². The van der Waals surface area contributed by atoms with Gasteiger partial charge < -0.3 is 9.42 Å². The fourth-order valence-electron chi connectivity index (χ4n) is 5.70. The van der Waals surface area contributed by atoms with Gasteiger partial charge in [0.2, 0.25) is 5.95 Å². The van der Waals surface area contributed by atoms with E-state index >= 15 is 0 Å². The summed E-state index contributed by atoms with van der Waals surface area (Å²) in [5.41, 5.74) is 4.88. The molecule has 0 spiro atoms. The number of hydrogen-bond donors (Lipinski definition) is 0. The molecule has 150 valence electrons. The minimum atomic E-state index is -0.169. The highest BCUT2D eigenvalue weighted by atomic mass is 16.5. The average molecular weight is 389 g/mol. The summed E-state index contributed by atoms with van der Waals surface area (Å²) in [4.78, 5) is 12.2. The van der Waals surface area contributed by atoms with Crippen LogP contribution in [0.25, 0.3) is 0 Å². The van der Waals surface area contributed by atoms with Crippen molar-refractivity contribution in [3.05, 3.63) is 70.9 Å². The molecule has 0 bridgehead atoms. The van der Waals surface area contributed by atoms with Crippen molar-refractivity contribution in [1.29, 1.82) is 0 Å². The zero-order chi connectivity index (χ0) is 20.0. The zero-order valence-electron chi connectivity index (χ0n) is 17.4. The van der Waals surface area contributed by atoms with E-state index in [2.05, 4.69) is 67.4 Å². The van der Waals surface area contributed by atoms with E-state index < -0.39 is 0 Å². The van der Waals surface area contributed by atoms with E-state index in [0.29, 0.717) is 11.8 Å². The van der Waals surface area contributed by atoms with Gasteiger partial charge in [0.25, 0.3) is 0 Å². The predicted octanol–water partition coefficient (Wildman–Crippen LogP) is 4.52. The van der Waals surface area contributed by atoms with Gasteiger partial charge in [-0.3, -0.25) is 0 Å². The Morgan fingerprint density at radius 3 is 2.66 bits per heavy atom. The van der Waals surface area contributed by atoms with Gasteiger partial charge in [-0.1, -0.05) is 42.4 Å². The Labute approximate surface area is 172 Å². The number of anilines is 1. The van der Waals surface area contributed by atoms with Crippen LogP contribution in [0.2, 0.25) is 0 Å². The number of fused-ring (bicyclic) bond motifs is 4. The maximum atomic E-state index is 5.69. The smallest absolute Gasteiger partial charge is 0.225 e. The summed E-state index contributed by atoms with van der Waals surface area (Å²) in [5.74, 6) is 2.63. The van der Waals surface area contributed by atoms with Crippen LogP contribution in [0, 0.1) is 5.92 Å². The Morgan fingerprint density at radius 2 is 1.90 bits per heavy atom. The van der Waals surface area contributed by atoms with Crippen LogP contribution < -0.4 is 4.90 Å². The van der Waals surface area contributed by atoms with Crippen LogP contribution in [0.4, 0.5) is 5.95 Å². The van der Waals surface area contributed by atoms with Gasteiger partial charge >= 0.3 is 0 Å². The molecule has 0 aliphatic heterocycles. The molecule has 5 rings (SSSR count). The first kappa shape index (κ1) is 18.3. The number of aryl methyl sites for hydroxylation is 1. The highest BCUT2D eigenvalue weighted by Crippen LogP contribution is 2.56. The van der Waals surface area contributed by atoms with Crippen LogP contribution in [-0.2, 0) is 18.3 Å². The molecule has 3 unspecified atom stereocenters. The third-order valence-electron chi connectivity index (χ3n) is 7.13. The summed E-state index contributed by atoms with van der Waals surface area (Å²) in [6.45, 7) is 8.43. The maximum Gasteiger partial charge on any atom is 0.225 e. The third kappa shape index (κ3) is 2.63. The van der Waals surface area contributed by atoms with E-state index in [1.807, 2.05) is 6.20 Å². The summed E-state index contributed by atoms with van der Waals surface area (Å²) >= 11 is 0. The Kier molecular flexibility index (Phi) is 4.41. The fraction of sp³-hybridized carbons (Fsp3) is 0.458. The molecule has 5 nitrogen and oxygen atoms in total. The lowest BCUT2D eigenvalue weighted by Gasteiger charge is -2.50. The Morgan fingerprint density at radius 1 is 1.10 bits per heavy atom. The van der Waals surface area contributed by atoms with Gasteiger partial charge in [0.1, 0.15) is 5.76 Å². The van der Waals surface area contributed by atoms with Crippen molar-refractivity contribution in [3.63, 3.8) is 0 Å². The first-order valence-corrected chi connectivity index (χ1v) is 10.8. The van der Waals surface area contributed by atoms with Gasteiger partial charge in [0, 0.05) is 36.2 Å². The minimum absolute atomic E-state index is 0.169. The van der Waals surface area contributed by atoms with Crippen molar-refractivity contribution in [2.75, 3.05) is 18.0 Å². The van der Waals surface area contributed by atoms with Crippen molar-refractivity contribution >= 4 is 5.95 Å². The number of rotatable bonds is 4. The van der Waals surface area contributed by atoms with Crippen LogP contribution >= 0.6 is 0 Å². The number of benzene rings is 1. The van der Waals surface area contributed by atoms with E-state index in [1.54, 1.807) is 0 Å². The Hall–Kier alpha value is -2.69. The van der Waals surface area contributed by atoms with E-state index in [4.69, 9.17) is 14.5 Å². The second kappa shape index (κ2) is 6.97. The SMILES string of the molecule is CCN(CC)c1ncc2c(n1)C1(c3ccccc3)Cc3cnoc3C(C)C1CC2. The van der Waals surface area contributed by atoms with Gasteiger partial charge in [-0.15, -0.1) is 0 Å². The largest absolute Gasteiger partial charge is 0.361 e. The summed E-state index contributed by atoms with van der Waals surface area (Å²) < 4.78 is 5.69. The molecule has 0 amide bonds. The Bertz CT molecular complexity index is 1010. The lowest BCUT2D eigenvalue weighted by molar-refractivity contribution is 0.188. The molecule has 0 saturated heterocycles. The molecule has 1 aromatic carbocycles. The number of hydrogen-bond acceptors (Lipinski definition) is 5. The van der Waals surface area contributed by atoms with Crippen LogP contribution in [0.5, 0.6) is 0 Å². The standard InChI is InChI=1S/C24H28N4O/c1-4-28(5-2)23-25-14-17-11-12-20-16(3)21-18(15-26-29-21)13-24(20,22(17)27-23)19-9-7-6-8-10-19/h6-10,14-16,20H,4-5,11-13H2,1-3H3. The lowest BCUT2D eigenvalue weighted by Crippen LogP contribution is -2.48. The molecule has 2 aromatic heterocycles. The molecule has 29 heavy (non-hydrogen) atoms. The van der Waals surface area contributed by atoms with Gasteiger partial charge in [-0.05, 0) is 50.2 Å². The molecule has 2 heterocycles. The molecule has 0 N–H and O–H groups in total. The molecule has 0 radical (unpaired) electrons. The molecule has 5 heteroatoms. The Balaban J connectivity index is 1.77. The van der Waals surface area contributed by atoms with Gasteiger partial charge in [-0.2, -0.15) is 0 Å². The first-order chi connectivity index (χ1) is 14.2. The second-order valence-electron chi connectivity index (χ2n) is 8.38. The van der Waals surface area contributed by atoms with Gasteiger partial charge in [0.05, 0.1) is 11.9 Å². The molecule has 3 atom stereocenters. The van der Waals surface area contributed by atoms with E-state index in [1.165, 1.54) is 22.4 Å². The monoisotopic (exact) mass is 388 g/mol. The normalized spacial score (nSPS) is 25.1. The van der Waals surface area contributed by atoms with Crippen molar-refractivity contribution in [2.24, 2.45) is 5.92 Å². The third-order valence-corrected chi connectivity index (χ3v) is 7.13. The van der Waals surface area contributed by atoms with Crippen LogP contribution in [-0.4, -0.2) is 28.2 Å². The van der Waals surface area contributed by atoms with Crippen molar-refractivity contribution < 1.29 is 4.52 Å². The quantitative estimate of drug-likeness (QED) is 0.658. The van der Waals surface area contributed by atoms with Crippen LogP contribution in [0.15, 0.2) is 47.2 Å². The van der Waals surface area contributed by atoms with Crippen molar-refractivity contribution in [1.82, 2.24) is 15.1 Å². The molecule has 0 saturated carbocycles. The van der Waals surface area contributed by atoms with Crippen molar-refractivity contribution in [2.45, 2.75) is 51.4 Å². The highest BCUT2D eigenvalue weighted by Gasteiger charge is 2.53. The average Bonchev–Trinajstić information content (AvgIpc) is 3.24. The second-order valence-corrected chi connectivity index (χ2v) is 8.38. The lowest BCUT2D eigenvalue weighted by atomic mass is 9.53. The van der Waals surface area contributed by atoms with Crippen LogP contribution in [0.3, 0.4) is 0 Å². The topological polar surface area (TPSA) is 55.1 Å². The molecule has 3 aromatic rings. The molecular weight excluding hydrogens is 360 g/mol. The summed E-state index contributed by atoms with van der Waals surface area (Å²) in [6.07, 6.45) is 6.99. The molecule has 2 aliphatic carbocycles. The number of nitrogens with zero attached hydrogens (tertiary/aromatic N) is 4. The summed E-state index contributed by atoms with van der Waals surface area (Å²) in [6, 6.07) is 10.9. The maximum absolute atomic E-state index is 5.69. The fourth-order valence-corrected chi connectivity index (χ4v) is 5.70. The van der Waals surface area contributed by atoms with E-state index in [-0.39, 0.29) is 5.41 Å². The van der Waals surface area contributed by atoms with Gasteiger partial charge in [-0.25, -0.2) is 9.97 Å². The van der Waals surface area contributed by atoms with E-state index in [0.717, 1.165) is 44.1 Å². The van der Waals surface area contributed by atoms with Crippen LogP contribution in [0.1, 0.15) is 61.3 Å². The number of aromatic nitrogens is 3. The molecule has 2 aliphatic rings. The first-order valence-electron chi connectivity index (χ1n) is 10.8. The molecular formula is C24H28N4O.